The number of hydrogen-bond acceptors (Lipinski definition) is 2. The van der Waals surface area contributed by atoms with Crippen molar-refractivity contribution < 1.29 is 4.79 Å². The molecule has 1 unspecified atom stereocenters. The number of carbonyl (C=O) groups is 1. The summed E-state index contributed by atoms with van der Waals surface area (Å²) in [5, 5.41) is 2.85. The topological polar surface area (TPSA) is 60.7 Å². The first-order chi connectivity index (χ1) is 9.63. The fraction of sp³-hybridized carbons (Fsp3) is 0.333. The summed E-state index contributed by atoms with van der Waals surface area (Å²) in [5.74, 6) is 2.05. The minimum absolute atomic E-state index is 0.130. The van der Waals surface area contributed by atoms with Crippen LogP contribution in [-0.2, 0) is 4.79 Å². The maximum Gasteiger partial charge on any atom is 0.239 e. The summed E-state index contributed by atoms with van der Waals surface area (Å²) in [6.45, 7) is 2.08. The Balaban J connectivity index is 2.12. The van der Waals surface area contributed by atoms with Crippen molar-refractivity contribution in [1.82, 2.24) is 9.97 Å². The number of aromatic amines is 2. The average molecular weight is 287 g/mol. The Bertz CT molecular complexity index is 708. The van der Waals surface area contributed by atoms with E-state index in [0.29, 0.717) is 16.9 Å². The molecule has 1 atom stereocenters. The van der Waals surface area contributed by atoms with Crippen LogP contribution in [0.1, 0.15) is 26.2 Å². The SMILES string of the molecule is C#CC(CCCC)C(=O)Nc1ccc2[nH]c(=S)[nH]c2c1. The van der Waals surface area contributed by atoms with Gasteiger partial charge in [0.05, 0.1) is 17.0 Å². The summed E-state index contributed by atoms with van der Waals surface area (Å²) in [6.07, 6.45) is 8.12. The first-order valence-electron chi connectivity index (χ1n) is 6.63. The molecule has 4 nitrogen and oxygen atoms in total. The minimum Gasteiger partial charge on any atom is -0.331 e. The molecular formula is C15H17N3OS. The molecule has 2 aromatic rings. The van der Waals surface area contributed by atoms with Crippen LogP contribution in [0.5, 0.6) is 0 Å². The fourth-order valence-corrected chi connectivity index (χ4v) is 2.26. The van der Waals surface area contributed by atoms with Crippen LogP contribution in [0.15, 0.2) is 18.2 Å². The molecule has 5 heteroatoms. The zero-order chi connectivity index (χ0) is 14.5. The van der Waals surface area contributed by atoms with Gasteiger partial charge < -0.3 is 15.3 Å². The van der Waals surface area contributed by atoms with Gasteiger partial charge in [-0.2, -0.15) is 0 Å². The maximum atomic E-state index is 12.1. The normalized spacial score (nSPS) is 12.0. The van der Waals surface area contributed by atoms with Gasteiger partial charge in [-0.3, -0.25) is 4.79 Å². The van der Waals surface area contributed by atoms with Crippen LogP contribution in [0.4, 0.5) is 5.69 Å². The monoisotopic (exact) mass is 287 g/mol. The molecule has 2 rings (SSSR count). The van der Waals surface area contributed by atoms with Gasteiger partial charge in [0.2, 0.25) is 5.91 Å². The quantitative estimate of drug-likeness (QED) is 0.581. The van der Waals surface area contributed by atoms with E-state index in [9.17, 15) is 4.79 Å². The van der Waals surface area contributed by atoms with E-state index in [1.165, 1.54) is 0 Å². The Morgan fingerprint density at radius 2 is 2.20 bits per heavy atom. The number of rotatable bonds is 5. The van der Waals surface area contributed by atoms with E-state index in [1.807, 2.05) is 18.2 Å². The van der Waals surface area contributed by atoms with E-state index >= 15 is 0 Å². The van der Waals surface area contributed by atoms with Gasteiger partial charge in [-0.05, 0) is 36.8 Å². The largest absolute Gasteiger partial charge is 0.331 e. The summed E-state index contributed by atoms with van der Waals surface area (Å²) in [4.78, 5) is 18.1. The third-order valence-corrected chi connectivity index (χ3v) is 3.35. The summed E-state index contributed by atoms with van der Waals surface area (Å²) >= 11 is 5.03. The Labute approximate surface area is 123 Å². The number of nitrogens with one attached hydrogen (secondary N) is 3. The number of H-pyrrole nitrogens is 2. The number of terminal acetylenes is 1. The van der Waals surface area contributed by atoms with Crippen LogP contribution in [-0.4, -0.2) is 15.9 Å². The third kappa shape index (κ3) is 3.28. The first-order valence-corrected chi connectivity index (χ1v) is 7.04. The molecule has 0 saturated carbocycles. The maximum absolute atomic E-state index is 12.1. The van der Waals surface area contributed by atoms with Gasteiger partial charge in [-0.15, -0.1) is 6.42 Å². The molecule has 0 aliphatic rings. The highest BCUT2D eigenvalue weighted by atomic mass is 32.1. The lowest BCUT2D eigenvalue weighted by Crippen LogP contribution is -2.21. The van der Waals surface area contributed by atoms with Crippen molar-refractivity contribution in [2.24, 2.45) is 5.92 Å². The zero-order valence-electron chi connectivity index (χ0n) is 11.3. The Hall–Kier alpha value is -2.06. The molecular weight excluding hydrogens is 270 g/mol. The highest BCUT2D eigenvalue weighted by Crippen LogP contribution is 2.18. The lowest BCUT2D eigenvalue weighted by molar-refractivity contribution is -0.118. The first kappa shape index (κ1) is 14.4. The van der Waals surface area contributed by atoms with Crippen molar-refractivity contribution >= 4 is 34.8 Å². The fourth-order valence-electron chi connectivity index (χ4n) is 2.04. The standard InChI is InChI=1S/C15H17N3OS/c1-3-5-6-10(4-2)14(19)16-11-7-8-12-13(9-11)18-15(20)17-12/h2,7-10H,3,5-6H2,1H3,(H,16,19)(H2,17,18,20). The molecule has 1 aromatic heterocycles. The van der Waals surface area contributed by atoms with Gasteiger partial charge in [0, 0.05) is 5.69 Å². The summed E-state index contributed by atoms with van der Waals surface area (Å²) in [6, 6.07) is 5.54. The number of amides is 1. The number of fused-ring (bicyclic) bond motifs is 1. The van der Waals surface area contributed by atoms with Crippen molar-refractivity contribution in [3.8, 4) is 12.3 Å². The van der Waals surface area contributed by atoms with Crippen molar-refractivity contribution in [2.75, 3.05) is 5.32 Å². The predicted octanol–water partition coefficient (Wildman–Crippen LogP) is 3.60. The zero-order valence-corrected chi connectivity index (χ0v) is 12.1. The molecule has 1 heterocycles. The molecule has 0 radical (unpaired) electrons. The molecule has 104 valence electrons. The predicted molar refractivity (Wildman–Crippen MR) is 84.0 cm³/mol. The van der Waals surface area contributed by atoms with Gasteiger partial charge in [0.1, 0.15) is 0 Å². The second kappa shape index (κ2) is 6.40. The van der Waals surface area contributed by atoms with E-state index in [2.05, 4.69) is 28.1 Å². The Morgan fingerprint density at radius 1 is 1.45 bits per heavy atom. The number of anilines is 1. The van der Waals surface area contributed by atoms with E-state index in [1.54, 1.807) is 0 Å². The molecule has 1 aromatic carbocycles. The number of unbranched alkanes of at least 4 members (excludes halogenated alkanes) is 1. The lowest BCUT2D eigenvalue weighted by Gasteiger charge is -2.11. The molecule has 0 fully saturated rings. The van der Waals surface area contributed by atoms with Crippen molar-refractivity contribution in [3.63, 3.8) is 0 Å². The van der Waals surface area contributed by atoms with E-state index in [-0.39, 0.29) is 11.8 Å². The average Bonchev–Trinajstić information content (AvgIpc) is 2.79. The summed E-state index contributed by atoms with van der Waals surface area (Å²) < 4.78 is 0.563. The van der Waals surface area contributed by atoms with Crippen molar-refractivity contribution in [2.45, 2.75) is 26.2 Å². The minimum atomic E-state index is -0.379. The molecule has 0 aliphatic heterocycles. The number of aromatic nitrogens is 2. The second-order valence-corrected chi connectivity index (χ2v) is 5.10. The third-order valence-electron chi connectivity index (χ3n) is 3.15. The lowest BCUT2D eigenvalue weighted by atomic mass is 10.0. The van der Waals surface area contributed by atoms with E-state index in [4.69, 9.17) is 18.6 Å². The van der Waals surface area contributed by atoms with Gasteiger partial charge in [-0.1, -0.05) is 25.7 Å². The van der Waals surface area contributed by atoms with Crippen LogP contribution in [0.25, 0.3) is 11.0 Å². The van der Waals surface area contributed by atoms with Gasteiger partial charge >= 0.3 is 0 Å². The van der Waals surface area contributed by atoms with E-state index < -0.39 is 0 Å². The molecule has 0 spiro atoms. The number of benzene rings is 1. The van der Waals surface area contributed by atoms with Gasteiger partial charge in [0.15, 0.2) is 4.77 Å². The highest BCUT2D eigenvalue weighted by Gasteiger charge is 2.15. The van der Waals surface area contributed by atoms with E-state index in [0.717, 1.165) is 23.9 Å². The van der Waals surface area contributed by atoms with Crippen molar-refractivity contribution in [3.05, 3.63) is 23.0 Å². The molecule has 0 saturated heterocycles. The van der Waals surface area contributed by atoms with Gasteiger partial charge in [-0.25, -0.2) is 0 Å². The van der Waals surface area contributed by atoms with Crippen LogP contribution in [0.2, 0.25) is 0 Å². The van der Waals surface area contributed by atoms with Crippen LogP contribution in [0.3, 0.4) is 0 Å². The van der Waals surface area contributed by atoms with Gasteiger partial charge in [0.25, 0.3) is 0 Å². The molecule has 0 aliphatic carbocycles. The van der Waals surface area contributed by atoms with Crippen LogP contribution < -0.4 is 5.32 Å². The number of hydrogen-bond donors (Lipinski definition) is 3. The Kier molecular flexibility index (Phi) is 4.59. The molecule has 3 N–H and O–H groups in total. The van der Waals surface area contributed by atoms with Crippen molar-refractivity contribution in [1.29, 1.82) is 0 Å². The van der Waals surface area contributed by atoms with Crippen LogP contribution >= 0.6 is 12.2 Å². The molecule has 0 bridgehead atoms. The van der Waals surface area contributed by atoms with Crippen LogP contribution in [0, 0.1) is 23.0 Å². The molecule has 20 heavy (non-hydrogen) atoms. The summed E-state index contributed by atoms with van der Waals surface area (Å²) in [5.41, 5.74) is 2.48. The summed E-state index contributed by atoms with van der Waals surface area (Å²) in [7, 11) is 0. The highest BCUT2D eigenvalue weighted by molar-refractivity contribution is 7.71. The molecule has 1 amide bonds. The number of imidazole rings is 1. The smallest absolute Gasteiger partial charge is 0.239 e. The second-order valence-electron chi connectivity index (χ2n) is 4.69. The Morgan fingerprint density at radius 3 is 2.90 bits per heavy atom. The number of carbonyl (C=O) groups excluding carboxylic acids is 1.